The molecule has 1 aliphatic carbocycles. The minimum Gasteiger partial charge on any atom is -0.339 e. The second-order valence-electron chi connectivity index (χ2n) is 6.82. The van der Waals surface area contributed by atoms with Crippen molar-refractivity contribution in [2.24, 2.45) is 5.41 Å². The van der Waals surface area contributed by atoms with Crippen molar-refractivity contribution in [2.45, 2.75) is 51.9 Å². The van der Waals surface area contributed by atoms with Crippen LogP contribution in [0, 0.1) is 12.3 Å². The molecule has 1 amide bonds. The number of rotatable bonds is 1. The van der Waals surface area contributed by atoms with Crippen LogP contribution in [0.3, 0.4) is 0 Å². The quantitative estimate of drug-likeness (QED) is 0.702. The van der Waals surface area contributed by atoms with E-state index in [0.29, 0.717) is 5.41 Å². The fraction of sp³-hybridized carbons (Fsp3) is 0.611. The first kappa shape index (κ1) is 15.1. The van der Waals surface area contributed by atoms with Crippen LogP contribution in [-0.4, -0.2) is 23.9 Å². The van der Waals surface area contributed by atoms with Crippen LogP contribution >= 0.6 is 15.9 Å². The van der Waals surface area contributed by atoms with Gasteiger partial charge in [-0.1, -0.05) is 35.2 Å². The topological polar surface area (TPSA) is 20.3 Å². The second-order valence-corrected chi connectivity index (χ2v) is 7.67. The highest BCUT2D eigenvalue weighted by Gasteiger charge is 2.36. The predicted octanol–water partition coefficient (Wildman–Crippen LogP) is 4.94. The largest absolute Gasteiger partial charge is 0.339 e. The summed E-state index contributed by atoms with van der Waals surface area (Å²) in [6.07, 6.45) is 9.35. The summed E-state index contributed by atoms with van der Waals surface area (Å²) in [5.74, 6) is 0.205. The highest BCUT2D eigenvalue weighted by Crippen LogP contribution is 2.44. The third-order valence-corrected chi connectivity index (χ3v) is 6.32. The molecule has 3 rings (SSSR count). The molecular weight excluding hydrogens is 326 g/mol. The van der Waals surface area contributed by atoms with Crippen molar-refractivity contribution < 1.29 is 4.79 Å². The summed E-state index contributed by atoms with van der Waals surface area (Å²) < 4.78 is 1.07. The molecule has 1 saturated carbocycles. The summed E-state index contributed by atoms with van der Waals surface area (Å²) >= 11 is 3.50. The van der Waals surface area contributed by atoms with E-state index in [9.17, 15) is 4.79 Å². The number of hydrogen-bond acceptors (Lipinski definition) is 1. The molecule has 0 radical (unpaired) electrons. The molecule has 1 spiro atoms. The van der Waals surface area contributed by atoms with E-state index in [4.69, 9.17) is 0 Å². The highest BCUT2D eigenvalue weighted by atomic mass is 79.9. The monoisotopic (exact) mass is 349 g/mol. The van der Waals surface area contributed by atoms with Crippen LogP contribution in [0.4, 0.5) is 0 Å². The van der Waals surface area contributed by atoms with E-state index >= 15 is 0 Å². The number of amides is 1. The number of hydrogen-bond donors (Lipinski definition) is 0. The van der Waals surface area contributed by atoms with Crippen LogP contribution in [0.25, 0.3) is 0 Å². The molecule has 1 saturated heterocycles. The van der Waals surface area contributed by atoms with Crippen LogP contribution in [0.15, 0.2) is 22.7 Å². The molecule has 0 aromatic heterocycles. The van der Waals surface area contributed by atoms with Crippen molar-refractivity contribution in [3.05, 3.63) is 33.8 Å². The number of nitrogens with zero attached hydrogens (tertiary/aromatic N) is 1. The lowest BCUT2D eigenvalue weighted by atomic mass is 9.68. The van der Waals surface area contributed by atoms with Crippen LogP contribution < -0.4 is 0 Å². The Morgan fingerprint density at radius 1 is 1.10 bits per heavy atom. The van der Waals surface area contributed by atoms with Gasteiger partial charge < -0.3 is 4.90 Å². The normalized spacial score (nSPS) is 21.5. The SMILES string of the molecule is Cc1cc(C(=O)N2CCC3(CCCCC3)CC2)ccc1Br. The number of carbonyl (C=O) groups excluding carboxylic acids is 1. The minimum absolute atomic E-state index is 0.205. The predicted molar refractivity (Wildman–Crippen MR) is 89.5 cm³/mol. The van der Waals surface area contributed by atoms with Gasteiger partial charge in [-0.3, -0.25) is 4.79 Å². The molecule has 0 bridgehead atoms. The summed E-state index contributed by atoms with van der Waals surface area (Å²) in [4.78, 5) is 14.7. The number of aryl methyl sites for hydroxylation is 1. The first-order valence-electron chi connectivity index (χ1n) is 8.15. The fourth-order valence-corrected chi connectivity index (χ4v) is 4.19. The smallest absolute Gasteiger partial charge is 0.253 e. The third kappa shape index (κ3) is 3.18. The summed E-state index contributed by atoms with van der Waals surface area (Å²) in [6, 6.07) is 5.91. The third-order valence-electron chi connectivity index (χ3n) is 5.43. The Hall–Kier alpha value is -0.830. The summed E-state index contributed by atoms with van der Waals surface area (Å²) in [6.45, 7) is 3.91. The zero-order valence-corrected chi connectivity index (χ0v) is 14.4. The minimum atomic E-state index is 0.205. The Kier molecular flexibility index (Phi) is 4.39. The van der Waals surface area contributed by atoms with Gasteiger partial charge in [-0.2, -0.15) is 0 Å². The first-order valence-corrected chi connectivity index (χ1v) is 8.94. The van der Waals surface area contributed by atoms with E-state index in [0.717, 1.165) is 28.7 Å². The van der Waals surface area contributed by atoms with E-state index in [1.54, 1.807) is 0 Å². The van der Waals surface area contributed by atoms with Gasteiger partial charge in [0, 0.05) is 23.1 Å². The van der Waals surface area contributed by atoms with E-state index in [-0.39, 0.29) is 5.91 Å². The highest BCUT2D eigenvalue weighted by molar-refractivity contribution is 9.10. The molecule has 0 unspecified atom stereocenters. The summed E-state index contributed by atoms with van der Waals surface area (Å²) in [5, 5.41) is 0. The zero-order valence-electron chi connectivity index (χ0n) is 12.8. The number of benzene rings is 1. The molecule has 1 aromatic carbocycles. The van der Waals surface area contributed by atoms with Crippen molar-refractivity contribution in [2.75, 3.05) is 13.1 Å². The lowest BCUT2D eigenvalue weighted by molar-refractivity contribution is 0.0472. The van der Waals surface area contributed by atoms with Gasteiger partial charge in [0.05, 0.1) is 0 Å². The maximum absolute atomic E-state index is 12.6. The molecule has 2 fully saturated rings. The molecule has 114 valence electrons. The summed E-state index contributed by atoms with van der Waals surface area (Å²) in [5.41, 5.74) is 2.52. The van der Waals surface area contributed by atoms with E-state index in [2.05, 4.69) is 20.8 Å². The molecule has 1 aliphatic heterocycles. The van der Waals surface area contributed by atoms with E-state index < -0.39 is 0 Å². The fourth-order valence-electron chi connectivity index (χ4n) is 3.95. The molecule has 3 heteroatoms. The van der Waals surface area contributed by atoms with Gasteiger partial charge >= 0.3 is 0 Å². The molecule has 2 nitrogen and oxygen atoms in total. The van der Waals surface area contributed by atoms with Gasteiger partial charge in [0.15, 0.2) is 0 Å². The molecule has 1 heterocycles. The van der Waals surface area contributed by atoms with Crippen molar-refractivity contribution in [3.8, 4) is 0 Å². The van der Waals surface area contributed by atoms with Crippen LogP contribution in [0.5, 0.6) is 0 Å². The van der Waals surface area contributed by atoms with Crippen molar-refractivity contribution >= 4 is 21.8 Å². The first-order chi connectivity index (χ1) is 10.1. The number of piperidine rings is 1. The van der Waals surface area contributed by atoms with Gasteiger partial charge in [0.2, 0.25) is 0 Å². The van der Waals surface area contributed by atoms with Gasteiger partial charge in [0.25, 0.3) is 5.91 Å². The summed E-state index contributed by atoms with van der Waals surface area (Å²) in [7, 11) is 0. The van der Waals surface area contributed by atoms with E-state index in [1.165, 1.54) is 44.9 Å². The Labute approximate surface area is 136 Å². The van der Waals surface area contributed by atoms with Crippen LogP contribution in [-0.2, 0) is 0 Å². The molecule has 0 atom stereocenters. The van der Waals surface area contributed by atoms with Gasteiger partial charge in [-0.05, 0) is 61.8 Å². The van der Waals surface area contributed by atoms with Crippen LogP contribution in [0.1, 0.15) is 60.9 Å². The van der Waals surface area contributed by atoms with Crippen molar-refractivity contribution in [1.29, 1.82) is 0 Å². The lowest BCUT2D eigenvalue weighted by Crippen LogP contribution is -2.43. The van der Waals surface area contributed by atoms with E-state index in [1.807, 2.05) is 25.1 Å². The lowest BCUT2D eigenvalue weighted by Gasteiger charge is -2.44. The Morgan fingerprint density at radius 3 is 2.38 bits per heavy atom. The molecule has 1 aromatic rings. The van der Waals surface area contributed by atoms with Gasteiger partial charge in [-0.25, -0.2) is 0 Å². The molecule has 0 N–H and O–H groups in total. The van der Waals surface area contributed by atoms with Gasteiger partial charge in [0.1, 0.15) is 0 Å². The Bertz CT molecular complexity index is 524. The van der Waals surface area contributed by atoms with Crippen LogP contribution in [0.2, 0.25) is 0 Å². The number of likely N-dealkylation sites (tertiary alicyclic amines) is 1. The maximum Gasteiger partial charge on any atom is 0.253 e. The number of carbonyl (C=O) groups is 1. The molecule has 21 heavy (non-hydrogen) atoms. The maximum atomic E-state index is 12.6. The average molecular weight is 350 g/mol. The molecule has 2 aliphatic rings. The van der Waals surface area contributed by atoms with Crippen molar-refractivity contribution in [3.63, 3.8) is 0 Å². The Balaban J connectivity index is 1.65. The van der Waals surface area contributed by atoms with Crippen molar-refractivity contribution in [1.82, 2.24) is 4.90 Å². The van der Waals surface area contributed by atoms with Gasteiger partial charge in [-0.15, -0.1) is 0 Å². The number of halogens is 1. The standard InChI is InChI=1S/C18H24BrNO/c1-14-13-15(5-6-16(14)19)17(21)20-11-9-18(10-12-20)7-3-2-4-8-18/h5-6,13H,2-4,7-12H2,1H3. The Morgan fingerprint density at radius 2 is 1.76 bits per heavy atom. The molecular formula is C18H24BrNO. The zero-order chi connectivity index (χ0) is 14.9. The average Bonchev–Trinajstić information content (AvgIpc) is 2.51. The second kappa shape index (κ2) is 6.12.